The summed E-state index contributed by atoms with van der Waals surface area (Å²) < 4.78 is 0. The number of phenols is 1. The fourth-order valence-corrected chi connectivity index (χ4v) is 3.52. The lowest BCUT2D eigenvalue weighted by atomic mass is 10.00. The summed E-state index contributed by atoms with van der Waals surface area (Å²) in [7, 11) is 0. The Morgan fingerprint density at radius 3 is 2.43 bits per heavy atom. The smallest absolute Gasteiger partial charge is 0.120 e. The van der Waals surface area contributed by atoms with Crippen LogP contribution in [0.5, 0.6) is 5.75 Å². The number of rotatable bonds is 6. The van der Waals surface area contributed by atoms with Crippen LogP contribution in [-0.4, -0.2) is 22.6 Å². The zero-order valence-electron chi connectivity index (χ0n) is 14.1. The molecule has 0 aliphatic heterocycles. The van der Waals surface area contributed by atoms with Crippen molar-refractivity contribution in [3.05, 3.63) is 29.3 Å². The lowest BCUT2D eigenvalue weighted by Crippen LogP contribution is -2.37. The quantitative estimate of drug-likeness (QED) is 0.792. The molecule has 0 spiro atoms. The normalized spacial score (nSPS) is 17.8. The molecule has 2 nitrogen and oxygen atoms in total. The Balaban J connectivity index is 2.17. The molecule has 1 unspecified atom stereocenters. The first kappa shape index (κ1) is 16.4. The second kappa shape index (κ2) is 7.31. The zero-order chi connectivity index (χ0) is 15.4. The number of aromatic hydroxyl groups is 1. The molecule has 1 saturated carbocycles. The Morgan fingerprint density at radius 1 is 1.19 bits per heavy atom. The minimum Gasteiger partial charge on any atom is -0.508 e. The number of phenolic OH excluding ortho intramolecular Hbond substituents is 1. The van der Waals surface area contributed by atoms with Crippen molar-refractivity contribution in [2.45, 2.75) is 71.9 Å². The van der Waals surface area contributed by atoms with Gasteiger partial charge in [0.2, 0.25) is 0 Å². The zero-order valence-corrected chi connectivity index (χ0v) is 14.1. The molecule has 0 saturated heterocycles. The van der Waals surface area contributed by atoms with Gasteiger partial charge in [0.1, 0.15) is 5.75 Å². The maximum atomic E-state index is 10.3. The third-order valence-corrected chi connectivity index (χ3v) is 4.89. The molecule has 0 amide bonds. The molecule has 2 heteroatoms. The highest BCUT2D eigenvalue weighted by Crippen LogP contribution is 2.35. The van der Waals surface area contributed by atoms with Crippen LogP contribution >= 0.6 is 0 Å². The van der Waals surface area contributed by atoms with Crippen LogP contribution in [0.2, 0.25) is 0 Å². The predicted molar refractivity (Wildman–Crippen MR) is 89.7 cm³/mol. The number of benzene rings is 1. The van der Waals surface area contributed by atoms with Crippen molar-refractivity contribution in [3.8, 4) is 5.75 Å². The number of nitrogens with zero attached hydrogens (tertiary/aromatic N) is 1. The second-order valence-electron chi connectivity index (χ2n) is 7.10. The molecular formula is C19H31NO. The van der Waals surface area contributed by atoms with Crippen molar-refractivity contribution < 1.29 is 5.11 Å². The van der Waals surface area contributed by atoms with Gasteiger partial charge in [-0.15, -0.1) is 0 Å². The van der Waals surface area contributed by atoms with Crippen LogP contribution in [0.1, 0.15) is 70.0 Å². The fourth-order valence-electron chi connectivity index (χ4n) is 3.52. The fraction of sp³-hybridized carbons (Fsp3) is 0.684. The van der Waals surface area contributed by atoms with Gasteiger partial charge in [-0.25, -0.2) is 0 Å². The van der Waals surface area contributed by atoms with E-state index >= 15 is 0 Å². The van der Waals surface area contributed by atoms with Gasteiger partial charge in [-0.3, -0.25) is 4.90 Å². The van der Waals surface area contributed by atoms with E-state index in [1.807, 2.05) is 13.0 Å². The topological polar surface area (TPSA) is 23.5 Å². The van der Waals surface area contributed by atoms with Gasteiger partial charge in [0, 0.05) is 17.6 Å². The molecule has 118 valence electrons. The molecule has 0 heterocycles. The molecule has 0 aromatic heterocycles. The average Bonchev–Trinajstić information content (AvgIpc) is 2.92. The third-order valence-electron chi connectivity index (χ3n) is 4.89. The first-order valence-corrected chi connectivity index (χ1v) is 8.54. The van der Waals surface area contributed by atoms with E-state index in [4.69, 9.17) is 0 Å². The van der Waals surface area contributed by atoms with Gasteiger partial charge in [0.25, 0.3) is 0 Å². The Labute approximate surface area is 130 Å². The monoisotopic (exact) mass is 289 g/mol. The summed E-state index contributed by atoms with van der Waals surface area (Å²) in [6.07, 6.45) is 6.57. The van der Waals surface area contributed by atoms with E-state index in [1.165, 1.54) is 32.1 Å². The Kier molecular flexibility index (Phi) is 5.69. The van der Waals surface area contributed by atoms with Crippen LogP contribution in [0.3, 0.4) is 0 Å². The van der Waals surface area contributed by atoms with Gasteiger partial charge >= 0.3 is 0 Å². The average molecular weight is 289 g/mol. The summed E-state index contributed by atoms with van der Waals surface area (Å²) in [6, 6.07) is 7.10. The maximum absolute atomic E-state index is 10.3. The van der Waals surface area contributed by atoms with Gasteiger partial charge in [0.15, 0.2) is 0 Å². The van der Waals surface area contributed by atoms with Crippen LogP contribution in [0.15, 0.2) is 18.2 Å². The molecular weight excluding hydrogens is 258 g/mol. The molecule has 1 N–H and O–H groups in total. The van der Waals surface area contributed by atoms with Crippen LogP contribution in [0.25, 0.3) is 0 Å². The SMILES string of the molecule is Cc1ccc(C(C)N(CCC(C)C)C2CCCC2)c(O)c1. The summed E-state index contributed by atoms with van der Waals surface area (Å²) in [5.41, 5.74) is 2.20. The highest BCUT2D eigenvalue weighted by molar-refractivity contribution is 5.38. The highest BCUT2D eigenvalue weighted by atomic mass is 16.3. The number of hydrogen-bond donors (Lipinski definition) is 1. The molecule has 1 fully saturated rings. The molecule has 1 aliphatic carbocycles. The van der Waals surface area contributed by atoms with Crippen LogP contribution in [0.4, 0.5) is 0 Å². The molecule has 0 bridgehead atoms. The van der Waals surface area contributed by atoms with E-state index < -0.39 is 0 Å². The van der Waals surface area contributed by atoms with Crippen molar-refractivity contribution in [1.82, 2.24) is 4.90 Å². The second-order valence-corrected chi connectivity index (χ2v) is 7.10. The van der Waals surface area contributed by atoms with E-state index in [0.717, 1.165) is 23.6 Å². The van der Waals surface area contributed by atoms with E-state index in [9.17, 15) is 5.11 Å². The van der Waals surface area contributed by atoms with E-state index in [0.29, 0.717) is 17.8 Å². The molecule has 21 heavy (non-hydrogen) atoms. The van der Waals surface area contributed by atoms with Crippen LogP contribution in [0, 0.1) is 12.8 Å². The lowest BCUT2D eigenvalue weighted by molar-refractivity contribution is 0.135. The Hall–Kier alpha value is -1.02. The molecule has 1 aromatic rings. The Morgan fingerprint density at radius 2 is 1.86 bits per heavy atom. The standard InChI is InChI=1S/C19H31NO/c1-14(2)11-12-20(17-7-5-6-8-17)16(4)18-10-9-15(3)13-19(18)21/h9-10,13-14,16-17,21H,5-8,11-12H2,1-4H3. The Bertz CT molecular complexity index is 449. The van der Waals surface area contributed by atoms with Crippen molar-refractivity contribution in [2.75, 3.05) is 6.54 Å². The lowest BCUT2D eigenvalue weighted by Gasteiger charge is -2.35. The molecule has 2 rings (SSSR count). The third kappa shape index (κ3) is 4.23. The summed E-state index contributed by atoms with van der Waals surface area (Å²) >= 11 is 0. The predicted octanol–water partition coefficient (Wildman–Crippen LogP) is 5.05. The highest BCUT2D eigenvalue weighted by Gasteiger charge is 2.28. The minimum atomic E-state index is 0.299. The molecule has 1 aliphatic rings. The van der Waals surface area contributed by atoms with Crippen LogP contribution in [-0.2, 0) is 0 Å². The van der Waals surface area contributed by atoms with Crippen molar-refractivity contribution in [3.63, 3.8) is 0 Å². The van der Waals surface area contributed by atoms with Gasteiger partial charge in [-0.1, -0.05) is 38.8 Å². The van der Waals surface area contributed by atoms with Crippen molar-refractivity contribution >= 4 is 0 Å². The van der Waals surface area contributed by atoms with E-state index in [2.05, 4.69) is 37.8 Å². The van der Waals surface area contributed by atoms with Gasteiger partial charge < -0.3 is 5.11 Å². The first-order valence-electron chi connectivity index (χ1n) is 8.54. The molecule has 1 atom stereocenters. The molecule has 0 radical (unpaired) electrons. The maximum Gasteiger partial charge on any atom is 0.120 e. The van der Waals surface area contributed by atoms with E-state index in [1.54, 1.807) is 0 Å². The van der Waals surface area contributed by atoms with Crippen molar-refractivity contribution in [1.29, 1.82) is 0 Å². The van der Waals surface area contributed by atoms with Crippen molar-refractivity contribution in [2.24, 2.45) is 5.92 Å². The van der Waals surface area contributed by atoms with Gasteiger partial charge in [0.05, 0.1) is 0 Å². The summed E-state index contributed by atoms with van der Waals surface area (Å²) in [5.74, 6) is 1.18. The summed E-state index contributed by atoms with van der Waals surface area (Å²) in [6.45, 7) is 10.0. The van der Waals surface area contributed by atoms with Crippen LogP contribution < -0.4 is 0 Å². The first-order chi connectivity index (χ1) is 9.99. The number of hydrogen-bond acceptors (Lipinski definition) is 2. The van der Waals surface area contributed by atoms with Gasteiger partial charge in [-0.2, -0.15) is 0 Å². The van der Waals surface area contributed by atoms with E-state index in [-0.39, 0.29) is 0 Å². The molecule has 1 aromatic carbocycles. The number of aryl methyl sites for hydroxylation is 1. The van der Waals surface area contributed by atoms with Gasteiger partial charge in [-0.05, 0) is 57.2 Å². The summed E-state index contributed by atoms with van der Waals surface area (Å²) in [4.78, 5) is 2.64. The minimum absolute atomic E-state index is 0.299. The largest absolute Gasteiger partial charge is 0.508 e. The summed E-state index contributed by atoms with van der Waals surface area (Å²) in [5, 5.41) is 10.3.